The van der Waals surface area contributed by atoms with Gasteiger partial charge in [0.1, 0.15) is 6.61 Å². The van der Waals surface area contributed by atoms with E-state index in [0.717, 1.165) is 13.1 Å². The van der Waals surface area contributed by atoms with Gasteiger partial charge in [0, 0.05) is 31.7 Å². The molecule has 0 spiro atoms. The van der Waals surface area contributed by atoms with Crippen molar-refractivity contribution >= 4 is 5.91 Å². The third-order valence-corrected chi connectivity index (χ3v) is 4.00. The first-order valence-electron chi connectivity index (χ1n) is 6.97. The lowest BCUT2D eigenvalue weighted by molar-refractivity contribution is -0.149. The van der Waals surface area contributed by atoms with E-state index >= 15 is 0 Å². The van der Waals surface area contributed by atoms with Crippen molar-refractivity contribution in [2.75, 3.05) is 32.8 Å². The second-order valence-corrected chi connectivity index (χ2v) is 5.60. The highest BCUT2D eigenvalue weighted by molar-refractivity contribution is 5.78. The highest BCUT2D eigenvalue weighted by Crippen LogP contribution is 2.21. The van der Waals surface area contributed by atoms with Crippen LogP contribution >= 0.6 is 0 Å². The monoisotopic (exact) mass is 255 g/mol. The molecule has 0 aromatic carbocycles. The molecule has 104 valence electrons. The predicted molar refractivity (Wildman–Crippen MR) is 70.2 cm³/mol. The van der Waals surface area contributed by atoms with Crippen LogP contribution in [-0.2, 0) is 9.53 Å². The van der Waals surface area contributed by atoms with Gasteiger partial charge in [0.2, 0.25) is 5.91 Å². The summed E-state index contributed by atoms with van der Waals surface area (Å²) in [6, 6.07) is 1.06. The van der Waals surface area contributed by atoms with Crippen LogP contribution in [0, 0.1) is 0 Å². The zero-order valence-corrected chi connectivity index (χ0v) is 11.5. The molecule has 1 amide bonds. The molecule has 2 unspecified atom stereocenters. The van der Waals surface area contributed by atoms with Crippen molar-refractivity contribution in [3.8, 4) is 0 Å². The number of likely N-dealkylation sites (tertiary alicyclic amines) is 1. The number of ether oxygens (including phenoxy) is 1. The van der Waals surface area contributed by atoms with Crippen molar-refractivity contribution in [2.24, 2.45) is 5.73 Å². The van der Waals surface area contributed by atoms with E-state index in [-0.39, 0.29) is 18.6 Å². The normalized spacial score (nSPS) is 30.4. The van der Waals surface area contributed by atoms with Gasteiger partial charge in [0.05, 0.1) is 6.10 Å². The summed E-state index contributed by atoms with van der Waals surface area (Å²) in [6.07, 6.45) is 2.44. The number of carbonyl (C=O) groups excluding carboxylic acids is 1. The molecular weight excluding hydrogens is 230 g/mol. The minimum atomic E-state index is 0.0107. The van der Waals surface area contributed by atoms with Gasteiger partial charge in [0.25, 0.3) is 0 Å². The van der Waals surface area contributed by atoms with Crippen LogP contribution in [0.25, 0.3) is 0 Å². The molecule has 0 aromatic heterocycles. The van der Waals surface area contributed by atoms with Crippen molar-refractivity contribution in [1.82, 2.24) is 9.80 Å². The third kappa shape index (κ3) is 3.02. The zero-order valence-electron chi connectivity index (χ0n) is 11.5. The van der Waals surface area contributed by atoms with Gasteiger partial charge < -0.3 is 15.4 Å². The van der Waals surface area contributed by atoms with E-state index in [4.69, 9.17) is 10.5 Å². The highest BCUT2D eigenvalue weighted by Gasteiger charge is 2.32. The van der Waals surface area contributed by atoms with Gasteiger partial charge in [0.15, 0.2) is 0 Å². The first-order valence-corrected chi connectivity index (χ1v) is 6.97. The van der Waals surface area contributed by atoms with Gasteiger partial charge in [-0.3, -0.25) is 9.69 Å². The molecule has 5 nitrogen and oxygen atoms in total. The molecule has 0 radical (unpaired) electrons. The van der Waals surface area contributed by atoms with Gasteiger partial charge in [-0.15, -0.1) is 0 Å². The number of hydrogen-bond acceptors (Lipinski definition) is 4. The Bertz CT molecular complexity index is 296. The van der Waals surface area contributed by atoms with Crippen LogP contribution in [0.4, 0.5) is 0 Å². The number of hydrogen-bond donors (Lipinski definition) is 1. The summed E-state index contributed by atoms with van der Waals surface area (Å²) in [4.78, 5) is 16.3. The van der Waals surface area contributed by atoms with E-state index < -0.39 is 0 Å². The van der Waals surface area contributed by atoms with Crippen LogP contribution in [0.5, 0.6) is 0 Å². The summed E-state index contributed by atoms with van der Waals surface area (Å²) >= 11 is 0. The van der Waals surface area contributed by atoms with E-state index in [1.807, 2.05) is 4.90 Å². The van der Waals surface area contributed by atoms with Crippen LogP contribution in [0.3, 0.4) is 0 Å². The van der Waals surface area contributed by atoms with E-state index in [1.54, 1.807) is 0 Å². The predicted octanol–water partition coefficient (Wildman–Crippen LogP) is 0.0453. The van der Waals surface area contributed by atoms with Gasteiger partial charge in [-0.2, -0.15) is 0 Å². The summed E-state index contributed by atoms with van der Waals surface area (Å²) in [6.45, 7) is 7.76. The molecule has 2 N–H and O–H groups in total. The topological polar surface area (TPSA) is 58.8 Å². The average Bonchev–Trinajstić information content (AvgIpc) is 2.80. The first kappa shape index (κ1) is 13.8. The summed E-state index contributed by atoms with van der Waals surface area (Å²) in [5, 5.41) is 0. The standard InChI is InChI=1S/C13H25N3O2/c1-10(2)16-5-3-4-11(16)7-15-8-12(6-14)18-9-13(15)17/h10-12H,3-9,14H2,1-2H3. The minimum absolute atomic E-state index is 0.0107. The molecular formula is C13H25N3O2. The molecule has 2 aliphatic rings. The zero-order chi connectivity index (χ0) is 13.1. The van der Waals surface area contributed by atoms with Crippen LogP contribution in [0.15, 0.2) is 0 Å². The van der Waals surface area contributed by atoms with Gasteiger partial charge in [-0.25, -0.2) is 0 Å². The molecule has 2 saturated heterocycles. The van der Waals surface area contributed by atoms with Crippen LogP contribution in [0.1, 0.15) is 26.7 Å². The van der Waals surface area contributed by atoms with Crippen LogP contribution in [0.2, 0.25) is 0 Å². The van der Waals surface area contributed by atoms with Gasteiger partial charge in [-0.1, -0.05) is 0 Å². The maximum absolute atomic E-state index is 11.9. The molecule has 2 fully saturated rings. The minimum Gasteiger partial charge on any atom is -0.365 e. The fourth-order valence-electron chi connectivity index (χ4n) is 2.99. The quantitative estimate of drug-likeness (QED) is 0.771. The van der Waals surface area contributed by atoms with Gasteiger partial charge >= 0.3 is 0 Å². The summed E-state index contributed by atoms with van der Waals surface area (Å²) in [7, 11) is 0. The highest BCUT2D eigenvalue weighted by atomic mass is 16.5. The number of nitrogens with zero attached hydrogens (tertiary/aromatic N) is 2. The van der Waals surface area contributed by atoms with E-state index in [2.05, 4.69) is 18.7 Å². The lowest BCUT2D eigenvalue weighted by atomic mass is 10.1. The number of amides is 1. The maximum Gasteiger partial charge on any atom is 0.248 e. The van der Waals surface area contributed by atoms with E-state index in [9.17, 15) is 4.79 Å². The van der Waals surface area contributed by atoms with Crippen molar-refractivity contribution in [2.45, 2.75) is 44.9 Å². The Kier molecular flexibility index (Phi) is 4.59. The lowest BCUT2D eigenvalue weighted by Crippen LogP contribution is -2.53. The lowest BCUT2D eigenvalue weighted by Gasteiger charge is -2.37. The number of nitrogens with two attached hydrogens (primary N) is 1. The van der Waals surface area contributed by atoms with Crippen molar-refractivity contribution < 1.29 is 9.53 Å². The molecule has 2 rings (SSSR count). The molecule has 2 atom stereocenters. The second-order valence-electron chi connectivity index (χ2n) is 5.60. The SMILES string of the molecule is CC(C)N1CCCC1CN1CC(CN)OCC1=O. The molecule has 0 saturated carbocycles. The summed E-state index contributed by atoms with van der Waals surface area (Å²) < 4.78 is 5.38. The second kappa shape index (κ2) is 5.99. The Hall–Kier alpha value is -0.650. The molecule has 0 aliphatic carbocycles. The Labute approximate surface area is 109 Å². The molecule has 0 bridgehead atoms. The average molecular weight is 255 g/mol. The Morgan fingerprint density at radius 3 is 2.94 bits per heavy atom. The fourth-order valence-corrected chi connectivity index (χ4v) is 2.99. The van der Waals surface area contributed by atoms with Crippen molar-refractivity contribution in [3.63, 3.8) is 0 Å². The third-order valence-electron chi connectivity index (χ3n) is 4.00. The fraction of sp³-hybridized carbons (Fsp3) is 0.923. The molecule has 18 heavy (non-hydrogen) atoms. The Morgan fingerprint density at radius 1 is 1.50 bits per heavy atom. The molecule has 2 aliphatic heterocycles. The van der Waals surface area contributed by atoms with Crippen molar-refractivity contribution in [1.29, 1.82) is 0 Å². The van der Waals surface area contributed by atoms with E-state index in [0.29, 0.717) is 25.2 Å². The largest absolute Gasteiger partial charge is 0.365 e. The number of carbonyl (C=O) groups is 1. The Morgan fingerprint density at radius 2 is 2.28 bits per heavy atom. The molecule has 2 heterocycles. The van der Waals surface area contributed by atoms with E-state index in [1.165, 1.54) is 12.8 Å². The molecule has 0 aromatic rings. The Balaban J connectivity index is 1.92. The maximum atomic E-state index is 11.9. The van der Waals surface area contributed by atoms with Crippen LogP contribution < -0.4 is 5.73 Å². The van der Waals surface area contributed by atoms with Crippen molar-refractivity contribution in [3.05, 3.63) is 0 Å². The summed E-state index contributed by atoms with van der Waals surface area (Å²) in [5.41, 5.74) is 5.62. The van der Waals surface area contributed by atoms with Gasteiger partial charge in [-0.05, 0) is 33.2 Å². The first-order chi connectivity index (χ1) is 8.61. The smallest absolute Gasteiger partial charge is 0.248 e. The number of rotatable bonds is 4. The summed E-state index contributed by atoms with van der Waals surface area (Å²) in [5.74, 6) is 0.107. The number of morpholine rings is 1. The molecule has 5 heteroatoms. The van der Waals surface area contributed by atoms with Crippen LogP contribution in [-0.4, -0.2) is 66.7 Å².